The number of hydrogen-bond donors (Lipinski definition) is 2. The molecule has 1 aromatic rings. The van der Waals surface area contributed by atoms with Crippen molar-refractivity contribution >= 4 is 11.7 Å². The molecule has 1 amide bonds. The van der Waals surface area contributed by atoms with Gasteiger partial charge in [0, 0.05) is 13.2 Å². The molecule has 3 N–H and O–H groups in total. The van der Waals surface area contributed by atoms with Crippen molar-refractivity contribution < 1.29 is 9.53 Å². The number of aromatic nitrogens is 2. The molecule has 1 fully saturated rings. The van der Waals surface area contributed by atoms with Crippen molar-refractivity contribution in [3.63, 3.8) is 0 Å². The predicted octanol–water partition coefficient (Wildman–Crippen LogP) is 0.358. The Hall–Kier alpha value is -1.69. The van der Waals surface area contributed by atoms with Crippen molar-refractivity contribution in [1.82, 2.24) is 15.3 Å². The van der Waals surface area contributed by atoms with Crippen molar-refractivity contribution in [3.8, 4) is 0 Å². The maximum atomic E-state index is 11.7. The molecule has 2 rings (SSSR count). The number of hydrogen-bond acceptors (Lipinski definition) is 5. The molecule has 0 aliphatic carbocycles. The highest BCUT2D eigenvalue weighted by atomic mass is 16.5. The molecule has 1 atom stereocenters. The van der Waals surface area contributed by atoms with Gasteiger partial charge in [0.05, 0.1) is 18.0 Å². The van der Waals surface area contributed by atoms with Crippen LogP contribution in [0.2, 0.25) is 0 Å². The zero-order valence-electron chi connectivity index (χ0n) is 9.77. The molecule has 6 heteroatoms. The molecule has 92 valence electrons. The van der Waals surface area contributed by atoms with E-state index in [0.717, 1.165) is 19.4 Å². The van der Waals surface area contributed by atoms with Crippen molar-refractivity contribution in [2.45, 2.75) is 25.4 Å². The maximum absolute atomic E-state index is 11.7. The van der Waals surface area contributed by atoms with E-state index in [1.807, 2.05) is 6.92 Å². The van der Waals surface area contributed by atoms with E-state index in [2.05, 4.69) is 15.3 Å². The van der Waals surface area contributed by atoms with E-state index in [9.17, 15) is 4.79 Å². The molecule has 0 aromatic carbocycles. The summed E-state index contributed by atoms with van der Waals surface area (Å²) >= 11 is 0. The van der Waals surface area contributed by atoms with Crippen LogP contribution in [0.3, 0.4) is 0 Å². The Morgan fingerprint density at radius 2 is 2.41 bits per heavy atom. The van der Waals surface area contributed by atoms with Crippen LogP contribution in [-0.4, -0.2) is 34.6 Å². The summed E-state index contributed by atoms with van der Waals surface area (Å²) in [5, 5.41) is 2.79. The summed E-state index contributed by atoms with van der Waals surface area (Å²) in [6.07, 6.45) is 4.72. The summed E-state index contributed by atoms with van der Waals surface area (Å²) in [7, 11) is 0. The van der Waals surface area contributed by atoms with E-state index in [0.29, 0.717) is 12.4 Å². The highest BCUT2D eigenvalue weighted by Crippen LogP contribution is 2.23. The van der Waals surface area contributed by atoms with Crippen LogP contribution in [0.15, 0.2) is 12.4 Å². The highest BCUT2D eigenvalue weighted by molar-refractivity contribution is 5.92. The van der Waals surface area contributed by atoms with Crippen LogP contribution in [-0.2, 0) is 4.74 Å². The van der Waals surface area contributed by atoms with Gasteiger partial charge in [-0.15, -0.1) is 0 Å². The van der Waals surface area contributed by atoms with Gasteiger partial charge in [-0.05, 0) is 19.8 Å². The second kappa shape index (κ2) is 4.67. The lowest BCUT2D eigenvalue weighted by Crippen LogP contribution is -2.40. The number of nitrogens with one attached hydrogen (secondary N) is 1. The highest BCUT2D eigenvalue weighted by Gasteiger charge is 2.30. The Kier molecular flexibility index (Phi) is 3.23. The Labute approximate surface area is 99.6 Å². The number of amides is 1. The van der Waals surface area contributed by atoms with E-state index < -0.39 is 0 Å². The number of nitrogens with two attached hydrogens (primary N) is 1. The summed E-state index contributed by atoms with van der Waals surface area (Å²) in [5.41, 5.74) is 5.41. The average Bonchev–Trinajstić information content (AvgIpc) is 2.75. The van der Waals surface area contributed by atoms with Gasteiger partial charge in [-0.2, -0.15) is 0 Å². The normalized spacial score (nSPS) is 23.6. The Morgan fingerprint density at radius 3 is 3.00 bits per heavy atom. The number of carbonyl (C=O) groups excluding carboxylic acids is 1. The molecule has 1 aliphatic rings. The van der Waals surface area contributed by atoms with Crippen molar-refractivity contribution in [3.05, 3.63) is 18.1 Å². The fraction of sp³-hybridized carbons (Fsp3) is 0.545. The zero-order valence-corrected chi connectivity index (χ0v) is 9.77. The maximum Gasteiger partial charge on any atom is 0.271 e. The van der Waals surface area contributed by atoms with E-state index in [1.165, 1.54) is 12.4 Å². The van der Waals surface area contributed by atoms with Crippen LogP contribution < -0.4 is 11.1 Å². The standard InChI is InChI=1S/C11H16N4O2/c1-11(3-2-4-17-11)7-15-10(16)8-5-14-9(12)6-13-8/h5-6H,2-4,7H2,1H3,(H2,12,14)(H,15,16). The van der Waals surface area contributed by atoms with Crippen LogP contribution in [0.25, 0.3) is 0 Å². The Balaban J connectivity index is 1.91. The van der Waals surface area contributed by atoms with Crippen molar-refractivity contribution in [2.75, 3.05) is 18.9 Å². The molecule has 17 heavy (non-hydrogen) atoms. The second-order valence-electron chi connectivity index (χ2n) is 4.41. The molecule has 1 unspecified atom stereocenters. The predicted molar refractivity (Wildman–Crippen MR) is 62.4 cm³/mol. The van der Waals surface area contributed by atoms with Crippen molar-refractivity contribution in [1.29, 1.82) is 0 Å². The van der Waals surface area contributed by atoms with Gasteiger partial charge in [0.1, 0.15) is 11.5 Å². The SMILES string of the molecule is CC1(CNC(=O)c2cnc(N)cn2)CCCO1. The van der Waals surface area contributed by atoms with Gasteiger partial charge in [-0.1, -0.05) is 0 Å². The van der Waals surface area contributed by atoms with E-state index in [4.69, 9.17) is 10.5 Å². The average molecular weight is 236 g/mol. The van der Waals surface area contributed by atoms with Crippen LogP contribution in [0.4, 0.5) is 5.82 Å². The Morgan fingerprint density at radius 1 is 1.59 bits per heavy atom. The van der Waals surface area contributed by atoms with E-state index in [-0.39, 0.29) is 17.2 Å². The van der Waals surface area contributed by atoms with Gasteiger partial charge in [0.15, 0.2) is 0 Å². The Bertz CT molecular complexity index is 398. The van der Waals surface area contributed by atoms with E-state index in [1.54, 1.807) is 0 Å². The first-order valence-corrected chi connectivity index (χ1v) is 5.59. The van der Waals surface area contributed by atoms with Gasteiger partial charge in [-0.25, -0.2) is 9.97 Å². The largest absolute Gasteiger partial charge is 0.382 e. The van der Waals surface area contributed by atoms with E-state index >= 15 is 0 Å². The summed E-state index contributed by atoms with van der Waals surface area (Å²) < 4.78 is 5.58. The van der Waals surface area contributed by atoms with Crippen LogP contribution in [0, 0.1) is 0 Å². The fourth-order valence-corrected chi connectivity index (χ4v) is 1.79. The minimum absolute atomic E-state index is 0.253. The molecule has 6 nitrogen and oxygen atoms in total. The first kappa shape index (κ1) is 11.8. The number of nitrogens with zero attached hydrogens (tertiary/aromatic N) is 2. The lowest BCUT2D eigenvalue weighted by molar-refractivity contribution is 0.0205. The van der Waals surface area contributed by atoms with Gasteiger partial charge in [-0.3, -0.25) is 4.79 Å². The van der Waals surface area contributed by atoms with Crippen LogP contribution in [0.1, 0.15) is 30.3 Å². The number of anilines is 1. The molecule has 1 saturated heterocycles. The molecule has 2 heterocycles. The molecule has 0 radical (unpaired) electrons. The van der Waals surface area contributed by atoms with Crippen LogP contribution >= 0.6 is 0 Å². The molecule has 1 aromatic heterocycles. The van der Waals surface area contributed by atoms with Gasteiger partial charge in [0.25, 0.3) is 5.91 Å². The molecular formula is C11H16N4O2. The molecular weight excluding hydrogens is 220 g/mol. The van der Waals surface area contributed by atoms with Gasteiger partial charge in [0.2, 0.25) is 0 Å². The number of nitrogen functional groups attached to an aromatic ring is 1. The fourth-order valence-electron chi connectivity index (χ4n) is 1.79. The van der Waals surface area contributed by atoms with Crippen molar-refractivity contribution in [2.24, 2.45) is 0 Å². The van der Waals surface area contributed by atoms with Gasteiger partial charge >= 0.3 is 0 Å². The minimum atomic E-state index is -0.255. The minimum Gasteiger partial charge on any atom is -0.382 e. The molecule has 0 saturated carbocycles. The summed E-state index contributed by atoms with van der Waals surface area (Å²) in [4.78, 5) is 19.5. The lowest BCUT2D eigenvalue weighted by Gasteiger charge is -2.23. The first-order chi connectivity index (χ1) is 8.09. The smallest absolute Gasteiger partial charge is 0.271 e. The summed E-state index contributed by atoms with van der Waals surface area (Å²) in [6.45, 7) is 3.24. The molecule has 0 spiro atoms. The molecule has 1 aliphatic heterocycles. The topological polar surface area (TPSA) is 90.1 Å². The number of carbonyl (C=O) groups is 1. The number of ether oxygens (including phenoxy) is 1. The quantitative estimate of drug-likeness (QED) is 0.790. The third-order valence-corrected chi connectivity index (χ3v) is 2.83. The number of rotatable bonds is 3. The first-order valence-electron chi connectivity index (χ1n) is 5.59. The van der Waals surface area contributed by atoms with Crippen LogP contribution in [0.5, 0.6) is 0 Å². The summed E-state index contributed by atoms with van der Waals surface area (Å²) in [6, 6.07) is 0. The third kappa shape index (κ3) is 2.91. The van der Waals surface area contributed by atoms with Gasteiger partial charge < -0.3 is 15.8 Å². The second-order valence-corrected chi connectivity index (χ2v) is 4.41. The zero-order chi connectivity index (χ0) is 12.3. The third-order valence-electron chi connectivity index (χ3n) is 2.83. The summed E-state index contributed by atoms with van der Waals surface area (Å²) in [5.74, 6) is 0.0434. The lowest BCUT2D eigenvalue weighted by atomic mass is 10.0. The monoisotopic (exact) mass is 236 g/mol. The molecule has 0 bridgehead atoms.